The maximum atomic E-state index is 13.2. The van der Waals surface area contributed by atoms with Gasteiger partial charge in [0.2, 0.25) is 5.82 Å². The lowest BCUT2D eigenvalue weighted by molar-refractivity contribution is -0.933. The molecule has 4 rings (SSSR count). The van der Waals surface area contributed by atoms with Crippen LogP contribution in [0.15, 0.2) is 48.5 Å². The second-order valence-corrected chi connectivity index (χ2v) is 8.01. The molecule has 1 N–H and O–H groups in total. The lowest BCUT2D eigenvalue weighted by Crippen LogP contribution is -3.15. The van der Waals surface area contributed by atoms with Crippen LogP contribution in [0.1, 0.15) is 37.2 Å². The van der Waals surface area contributed by atoms with Crippen LogP contribution in [0.5, 0.6) is 5.75 Å². The summed E-state index contributed by atoms with van der Waals surface area (Å²) < 4.78 is 20.4. The summed E-state index contributed by atoms with van der Waals surface area (Å²) >= 11 is 0. The van der Waals surface area contributed by atoms with Gasteiger partial charge in [-0.05, 0) is 52.4 Å². The number of nitrogens with zero attached hydrogens (tertiary/aromatic N) is 5. The summed E-state index contributed by atoms with van der Waals surface area (Å²) in [6.07, 6.45) is 2.10. The summed E-state index contributed by atoms with van der Waals surface area (Å²) in [6.45, 7) is 6.78. The van der Waals surface area contributed by atoms with Crippen LogP contribution >= 0.6 is 0 Å². The molecule has 1 aromatic heterocycles. The van der Waals surface area contributed by atoms with Crippen LogP contribution in [0, 0.1) is 5.82 Å². The van der Waals surface area contributed by atoms with Crippen molar-refractivity contribution in [1.29, 1.82) is 0 Å². The maximum absolute atomic E-state index is 13.2. The van der Waals surface area contributed by atoms with E-state index >= 15 is 0 Å². The lowest BCUT2D eigenvalue weighted by Gasteiger charge is -2.37. The van der Waals surface area contributed by atoms with E-state index in [9.17, 15) is 4.39 Å². The molecule has 0 spiro atoms. The van der Waals surface area contributed by atoms with Gasteiger partial charge in [-0.1, -0.05) is 25.5 Å². The Kier molecular flexibility index (Phi) is 6.76. The first-order chi connectivity index (χ1) is 15.2. The van der Waals surface area contributed by atoms with Gasteiger partial charge in [0.1, 0.15) is 17.6 Å². The number of benzene rings is 2. The van der Waals surface area contributed by atoms with Gasteiger partial charge in [0.05, 0.1) is 39.8 Å². The number of nitrogens with one attached hydrogen (secondary N) is 1. The summed E-state index contributed by atoms with van der Waals surface area (Å²) in [5.41, 5.74) is 2.22. The van der Waals surface area contributed by atoms with Crippen LogP contribution in [0.3, 0.4) is 0 Å². The molecule has 0 unspecified atom stereocenters. The van der Waals surface area contributed by atoms with Crippen molar-refractivity contribution in [2.45, 2.75) is 32.4 Å². The van der Waals surface area contributed by atoms with E-state index in [1.54, 1.807) is 19.2 Å². The topological polar surface area (TPSA) is 60.5 Å². The molecule has 1 aliphatic rings. The van der Waals surface area contributed by atoms with E-state index in [2.05, 4.69) is 39.5 Å². The van der Waals surface area contributed by atoms with Crippen molar-refractivity contribution in [2.24, 2.45) is 0 Å². The summed E-state index contributed by atoms with van der Waals surface area (Å²) in [4.78, 5) is 3.94. The van der Waals surface area contributed by atoms with Gasteiger partial charge in [-0.25, -0.2) is 9.07 Å². The Morgan fingerprint density at radius 1 is 1.06 bits per heavy atom. The number of tetrazole rings is 1. The molecule has 0 radical (unpaired) electrons. The average Bonchev–Trinajstić information content (AvgIpc) is 3.27. The van der Waals surface area contributed by atoms with Gasteiger partial charge in [0, 0.05) is 12.1 Å². The van der Waals surface area contributed by atoms with Crippen molar-refractivity contribution in [3.05, 3.63) is 65.7 Å². The number of anilines is 1. The molecule has 1 atom stereocenters. The van der Waals surface area contributed by atoms with E-state index in [1.165, 1.54) is 22.7 Å². The Bertz CT molecular complexity index is 951. The lowest BCUT2D eigenvalue weighted by atomic mass is 10.1. The normalized spacial score (nSPS) is 15.8. The summed E-state index contributed by atoms with van der Waals surface area (Å²) in [6, 6.07) is 15.0. The zero-order chi connectivity index (χ0) is 21.6. The third kappa shape index (κ3) is 5.02. The predicted octanol–water partition coefficient (Wildman–Crippen LogP) is 2.12. The minimum Gasteiger partial charge on any atom is -0.497 e. The molecule has 0 aliphatic carbocycles. The zero-order valence-corrected chi connectivity index (χ0v) is 18.2. The van der Waals surface area contributed by atoms with Crippen LogP contribution in [-0.4, -0.2) is 53.5 Å². The largest absolute Gasteiger partial charge is 0.497 e. The first kappa shape index (κ1) is 21.2. The minimum atomic E-state index is -0.233. The first-order valence-electron chi connectivity index (χ1n) is 10.9. The number of quaternary nitrogens is 1. The molecule has 8 heteroatoms. The molecule has 164 valence electrons. The van der Waals surface area contributed by atoms with Gasteiger partial charge in [-0.15, -0.1) is 5.10 Å². The Labute approximate surface area is 182 Å². The van der Waals surface area contributed by atoms with Crippen LogP contribution < -0.4 is 14.5 Å². The highest BCUT2D eigenvalue weighted by molar-refractivity contribution is 5.49. The fourth-order valence-electron chi connectivity index (χ4n) is 4.33. The number of hydrogen-bond donors (Lipinski definition) is 1. The molecule has 0 bridgehead atoms. The first-order valence-corrected chi connectivity index (χ1v) is 10.9. The molecule has 7 nitrogen and oxygen atoms in total. The molecular weight excluding hydrogens is 395 g/mol. The highest BCUT2D eigenvalue weighted by atomic mass is 19.1. The van der Waals surface area contributed by atoms with Crippen LogP contribution in [-0.2, 0) is 6.54 Å². The predicted molar refractivity (Wildman–Crippen MR) is 117 cm³/mol. The number of hydrogen-bond acceptors (Lipinski definition) is 5. The summed E-state index contributed by atoms with van der Waals surface area (Å²) in [5, 5.41) is 12.6. The van der Waals surface area contributed by atoms with Gasteiger partial charge in [0.25, 0.3) is 0 Å². The minimum absolute atomic E-state index is 0.233. The van der Waals surface area contributed by atoms with E-state index in [-0.39, 0.29) is 11.9 Å². The number of methoxy groups -OCH3 is 1. The highest BCUT2D eigenvalue weighted by Gasteiger charge is 2.32. The van der Waals surface area contributed by atoms with Crippen molar-refractivity contribution in [2.75, 3.05) is 38.2 Å². The Morgan fingerprint density at radius 3 is 2.42 bits per heavy atom. The van der Waals surface area contributed by atoms with Gasteiger partial charge in [-0.2, -0.15) is 0 Å². The Morgan fingerprint density at radius 2 is 1.77 bits per heavy atom. The van der Waals surface area contributed by atoms with Gasteiger partial charge >= 0.3 is 0 Å². The third-order valence-electron chi connectivity index (χ3n) is 6.03. The molecule has 31 heavy (non-hydrogen) atoms. The molecule has 1 aliphatic heterocycles. The van der Waals surface area contributed by atoms with Crippen molar-refractivity contribution in [3.63, 3.8) is 0 Å². The monoisotopic (exact) mass is 425 g/mol. The zero-order valence-electron chi connectivity index (χ0n) is 18.2. The van der Waals surface area contributed by atoms with Gasteiger partial charge in [-0.3, -0.25) is 0 Å². The van der Waals surface area contributed by atoms with E-state index in [0.29, 0.717) is 6.54 Å². The molecule has 2 aromatic carbocycles. The molecule has 2 heterocycles. The number of piperazine rings is 1. The number of aromatic nitrogens is 4. The van der Waals surface area contributed by atoms with Crippen LogP contribution in [0.25, 0.3) is 0 Å². The smallest absolute Gasteiger partial charge is 0.209 e. The number of rotatable bonds is 8. The molecule has 3 aromatic rings. The van der Waals surface area contributed by atoms with Gasteiger partial charge in [0.15, 0.2) is 0 Å². The van der Waals surface area contributed by atoms with Crippen molar-refractivity contribution in [3.8, 4) is 5.75 Å². The molecule has 0 amide bonds. The fourth-order valence-corrected chi connectivity index (χ4v) is 4.33. The number of ether oxygens (including phenoxy) is 1. The summed E-state index contributed by atoms with van der Waals surface area (Å²) in [5.74, 6) is 1.56. The highest BCUT2D eigenvalue weighted by Crippen LogP contribution is 2.20. The standard InChI is InChI=1S/C23H29FN6O/c1-3-4-22(23-25-26-27-30(23)17-18-5-7-19(24)8-6-18)29-15-13-28(14-16-29)20-9-11-21(31-2)12-10-20/h5-12,22H,3-4,13-17H2,1-2H3/p+1/t22-/m1/s1. The van der Waals surface area contributed by atoms with E-state index < -0.39 is 0 Å². The van der Waals surface area contributed by atoms with Crippen molar-refractivity contribution in [1.82, 2.24) is 20.2 Å². The fraction of sp³-hybridized carbons (Fsp3) is 0.435. The van der Waals surface area contributed by atoms with Crippen LogP contribution in [0.2, 0.25) is 0 Å². The van der Waals surface area contributed by atoms with E-state index in [4.69, 9.17) is 4.74 Å². The average molecular weight is 426 g/mol. The van der Waals surface area contributed by atoms with E-state index in [1.807, 2.05) is 16.8 Å². The molecular formula is C23H30FN6O+. The van der Waals surface area contributed by atoms with Crippen LogP contribution in [0.4, 0.5) is 10.1 Å². The molecule has 0 saturated carbocycles. The van der Waals surface area contributed by atoms with Crippen molar-refractivity contribution < 1.29 is 14.0 Å². The molecule has 1 saturated heterocycles. The summed E-state index contributed by atoms with van der Waals surface area (Å²) in [7, 11) is 1.69. The Hall–Kier alpha value is -3.00. The van der Waals surface area contributed by atoms with Crippen molar-refractivity contribution >= 4 is 5.69 Å². The van der Waals surface area contributed by atoms with E-state index in [0.717, 1.165) is 56.2 Å². The molecule has 1 fully saturated rings. The Balaban J connectivity index is 1.45. The SMILES string of the molecule is CCC[C@H](c1nnnn1Cc1ccc(F)cc1)[NH+]1CCN(c2ccc(OC)cc2)CC1. The second kappa shape index (κ2) is 9.87. The van der Waals surface area contributed by atoms with Gasteiger partial charge < -0.3 is 14.5 Å². The second-order valence-electron chi connectivity index (χ2n) is 8.01. The maximum Gasteiger partial charge on any atom is 0.209 e. The third-order valence-corrected chi connectivity index (χ3v) is 6.03. The quantitative estimate of drug-likeness (QED) is 0.599. The number of halogens is 1.